The Kier molecular flexibility index (Phi) is 4.46. The molecule has 0 amide bonds. The van der Waals surface area contributed by atoms with Crippen LogP contribution in [0.1, 0.15) is 51.1 Å². The molecule has 106 valence electrons. The molecule has 19 heavy (non-hydrogen) atoms. The summed E-state index contributed by atoms with van der Waals surface area (Å²) >= 11 is 0. The quantitative estimate of drug-likeness (QED) is 0.898. The third-order valence-corrected chi connectivity index (χ3v) is 4.42. The van der Waals surface area contributed by atoms with Crippen LogP contribution in [0.3, 0.4) is 0 Å². The van der Waals surface area contributed by atoms with Gasteiger partial charge in [0.25, 0.3) is 0 Å². The summed E-state index contributed by atoms with van der Waals surface area (Å²) in [6.45, 7) is 4.23. The molecule has 0 saturated heterocycles. The van der Waals surface area contributed by atoms with Crippen LogP contribution in [0.2, 0.25) is 0 Å². The number of anilines is 1. The molecule has 1 saturated carbocycles. The number of halogens is 1. The molecule has 1 fully saturated rings. The first-order valence-electron chi connectivity index (χ1n) is 7.28. The predicted octanol–water partition coefficient (Wildman–Crippen LogP) is 3.86. The van der Waals surface area contributed by atoms with E-state index in [-0.39, 0.29) is 11.9 Å². The number of benzene rings is 1. The van der Waals surface area contributed by atoms with Crippen molar-refractivity contribution in [3.05, 3.63) is 29.6 Å². The third-order valence-electron chi connectivity index (χ3n) is 4.42. The molecule has 1 aromatic carbocycles. The molecule has 2 unspecified atom stereocenters. The Morgan fingerprint density at radius 1 is 1.32 bits per heavy atom. The maximum absolute atomic E-state index is 13.4. The van der Waals surface area contributed by atoms with Gasteiger partial charge in [0.15, 0.2) is 0 Å². The van der Waals surface area contributed by atoms with Gasteiger partial charge >= 0.3 is 0 Å². The van der Waals surface area contributed by atoms with Crippen LogP contribution in [0.4, 0.5) is 10.1 Å². The SMILES string of the molecule is CC1CCCCC1N(C)c1ccc(F)cc1[C@H](C)N. The second kappa shape index (κ2) is 5.91. The van der Waals surface area contributed by atoms with Crippen molar-refractivity contribution in [2.75, 3.05) is 11.9 Å². The summed E-state index contributed by atoms with van der Waals surface area (Å²) < 4.78 is 13.4. The Bertz CT molecular complexity index is 431. The van der Waals surface area contributed by atoms with E-state index in [2.05, 4.69) is 18.9 Å². The number of hydrogen-bond donors (Lipinski definition) is 1. The van der Waals surface area contributed by atoms with Crippen LogP contribution in [0, 0.1) is 11.7 Å². The molecule has 1 aliphatic rings. The molecule has 0 bridgehead atoms. The molecule has 0 aliphatic heterocycles. The van der Waals surface area contributed by atoms with Crippen molar-refractivity contribution in [1.29, 1.82) is 0 Å². The molecule has 0 heterocycles. The molecule has 1 aromatic rings. The lowest BCUT2D eigenvalue weighted by atomic mass is 9.84. The van der Waals surface area contributed by atoms with E-state index in [1.54, 1.807) is 6.07 Å². The molecular weight excluding hydrogens is 239 g/mol. The lowest BCUT2D eigenvalue weighted by molar-refractivity contribution is 0.321. The van der Waals surface area contributed by atoms with E-state index < -0.39 is 0 Å². The zero-order valence-corrected chi connectivity index (χ0v) is 12.2. The van der Waals surface area contributed by atoms with Crippen molar-refractivity contribution in [1.82, 2.24) is 0 Å². The first-order chi connectivity index (χ1) is 9.00. The molecule has 2 nitrogen and oxygen atoms in total. The number of nitrogens with zero attached hydrogens (tertiary/aromatic N) is 1. The van der Waals surface area contributed by atoms with Gasteiger partial charge in [-0.3, -0.25) is 0 Å². The smallest absolute Gasteiger partial charge is 0.123 e. The van der Waals surface area contributed by atoms with Gasteiger partial charge in [-0.15, -0.1) is 0 Å². The van der Waals surface area contributed by atoms with E-state index in [1.165, 1.54) is 31.7 Å². The Balaban J connectivity index is 2.29. The van der Waals surface area contributed by atoms with E-state index in [9.17, 15) is 4.39 Å². The molecule has 2 rings (SSSR count). The zero-order valence-electron chi connectivity index (χ0n) is 12.2. The van der Waals surface area contributed by atoms with Crippen LogP contribution in [0.25, 0.3) is 0 Å². The van der Waals surface area contributed by atoms with Crippen molar-refractivity contribution in [3.8, 4) is 0 Å². The lowest BCUT2D eigenvalue weighted by Gasteiger charge is -2.39. The monoisotopic (exact) mass is 264 g/mol. The summed E-state index contributed by atoms with van der Waals surface area (Å²) in [5.41, 5.74) is 7.97. The van der Waals surface area contributed by atoms with Crippen LogP contribution in [-0.4, -0.2) is 13.1 Å². The highest BCUT2D eigenvalue weighted by Gasteiger charge is 2.26. The molecular formula is C16H25FN2. The summed E-state index contributed by atoms with van der Waals surface area (Å²) in [5, 5.41) is 0. The van der Waals surface area contributed by atoms with Gasteiger partial charge in [0.1, 0.15) is 5.82 Å². The molecule has 3 atom stereocenters. The second-order valence-electron chi connectivity index (χ2n) is 5.93. The summed E-state index contributed by atoms with van der Waals surface area (Å²) in [5.74, 6) is 0.478. The van der Waals surface area contributed by atoms with Gasteiger partial charge in [-0.2, -0.15) is 0 Å². The average Bonchev–Trinajstić information content (AvgIpc) is 2.38. The normalized spacial score (nSPS) is 25.1. The van der Waals surface area contributed by atoms with Gasteiger partial charge in [-0.1, -0.05) is 19.8 Å². The predicted molar refractivity (Wildman–Crippen MR) is 78.8 cm³/mol. The summed E-state index contributed by atoms with van der Waals surface area (Å²) in [6.07, 6.45) is 5.11. The number of nitrogens with two attached hydrogens (primary N) is 1. The average molecular weight is 264 g/mol. The maximum Gasteiger partial charge on any atom is 0.123 e. The van der Waals surface area contributed by atoms with E-state index in [4.69, 9.17) is 5.73 Å². The third kappa shape index (κ3) is 3.08. The Hall–Kier alpha value is -1.09. The Morgan fingerprint density at radius 2 is 2.00 bits per heavy atom. The highest BCUT2D eigenvalue weighted by Crippen LogP contribution is 2.33. The molecule has 0 radical (unpaired) electrons. The van der Waals surface area contributed by atoms with Crippen molar-refractivity contribution < 1.29 is 4.39 Å². The van der Waals surface area contributed by atoms with E-state index >= 15 is 0 Å². The highest BCUT2D eigenvalue weighted by atomic mass is 19.1. The Labute approximate surface area is 115 Å². The summed E-state index contributed by atoms with van der Waals surface area (Å²) in [4.78, 5) is 2.31. The standard InChI is InChI=1S/C16H25FN2/c1-11-6-4-5-7-15(11)19(3)16-9-8-13(17)10-14(16)12(2)18/h8-12,15H,4-7,18H2,1-3H3/t11?,12-,15?/m0/s1. The topological polar surface area (TPSA) is 29.3 Å². The van der Waals surface area contributed by atoms with Gasteiger partial charge in [-0.25, -0.2) is 4.39 Å². The van der Waals surface area contributed by atoms with Crippen LogP contribution in [0.5, 0.6) is 0 Å². The second-order valence-corrected chi connectivity index (χ2v) is 5.93. The largest absolute Gasteiger partial charge is 0.371 e. The van der Waals surface area contributed by atoms with Crippen LogP contribution < -0.4 is 10.6 Å². The van der Waals surface area contributed by atoms with Crippen LogP contribution >= 0.6 is 0 Å². The zero-order chi connectivity index (χ0) is 14.0. The highest BCUT2D eigenvalue weighted by molar-refractivity contribution is 5.55. The Morgan fingerprint density at radius 3 is 2.63 bits per heavy atom. The lowest BCUT2D eigenvalue weighted by Crippen LogP contribution is -2.39. The van der Waals surface area contributed by atoms with Gasteiger partial charge < -0.3 is 10.6 Å². The van der Waals surface area contributed by atoms with Gasteiger partial charge in [0.05, 0.1) is 0 Å². The van der Waals surface area contributed by atoms with Crippen LogP contribution in [0.15, 0.2) is 18.2 Å². The van der Waals surface area contributed by atoms with E-state index in [0.29, 0.717) is 12.0 Å². The molecule has 2 N–H and O–H groups in total. The fraction of sp³-hybridized carbons (Fsp3) is 0.625. The number of hydrogen-bond acceptors (Lipinski definition) is 2. The number of rotatable bonds is 3. The molecule has 0 spiro atoms. The molecule has 3 heteroatoms. The van der Waals surface area contributed by atoms with Crippen LogP contribution in [-0.2, 0) is 0 Å². The summed E-state index contributed by atoms with van der Waals surface area (Å²) in [6, 6.07) is 5.37. The first-order valence-corrected chi connectivity index (χ1v) is 7.28. The summed E-state index contributed by atoms with van der Waals surface area (Å²) in [7, 11) is 2.12. The fourth-order valence-electron chi connectivity index (χ4n) is 3.26. The minimum absolute atomic E-state index is 0.146. The maximum atomic E-state index is 13.4. The van der Waals surface area contributed by atoms with Gasteiger partial charge in [-0.05, 0) is 49.4 Å². The fourth-order valence-corrected chi connectivity index (χ4v) is 3.26. The van der Waals surface area contributed by atoms with Gasteiger partial charge in [0, 0.05) is 24.8 Å². The minimum atomic E-state index is -0.207. The van der Waals surface area contributed by atoms with Crippen molar-refractivity contribution >= 4 is 5.69 Å². The minimum Gasteiger partial charge on any atom is -0.371 e. The van der Waals surface area contributed by atoms with E-state index in [0.717, 1.165) is 11.3 Å². The van der Waals surface area contributed by atoms with Crippen molar-refractivity contribution in [2.45, 2.75) is 51.6 Å². The first kappa shape index (κ1) is 14.3. The molecule has 1 aliphatic carbocycles. The van der Waals surface area contributed by atoms with Gasteiger partial charge in [0.2, 0.25) is 0 Å². The molecule has 0 aromatic heterocycles. The van der Waals surface area contributed by atoms with Crippen molar-refractivity contribution in [2.24, 2.45) is 11.7 Å². The van der Waals surface area contributed by atoms with E-state index in [1.807, 2.05) is 13.0 Å². The van der Waals surface area contributed by atoms with Crippen molar-refractivity contribution in [3.63, 3.8) is 0 Å².